The Labute approximate surface area is 120 Å². The molecule has 3 heteroatoms. The van der Waals surface area contributed by atoms with Crippen molar-refractivity contribution in [3.63, 3.8) is 0 Å². The molecule has 3 nitrogen and oxygen atoms in total. The summed E-state index contributed by atoms with van der Waals surface area (Å²) in [6.07, 6.45) is 4.95. The highest BCUT2D eigenvalue weighted by Crippen LogP contribution is 2.39. The zero-order valence-electron chi connectivity index (χ0n) is 13.9. The van der Waals surface area contributed by atoms with Crippen molar-refractivity contribution in [1.29, 1.82) is 0 Å². The molecule has 0 radical (unpaired) electrons. The van der Waals surface area contributed by atoms with E-state index in [9.17, 15) is 0 Å². The molecule has 1 aliphatic carbocycles. The largest absolute Gasteiger partial charge is 0.373 e. The predicted octanol–water partition coefficient (Wildman–Crippen LogP) is 2.90. The van der Waals surface area contributed by atoms with Crippen molar-refractivity contribution in [3.05, 3.63) is 0 Å². The van der Waals surface area contributed by atoms with Gasteiger partial charge in [0.2, 0.25) is 0 Å². The molecule has 19 heavy (non-hydrogen) atoms. The van der Waals surface area contributed by atoms with Crippen LogP contribution in [0, 0.1) is 5.92 Å². The summed E-state index contributed by atoms with van der Waals surface area (Å²) < 4.78 is 6.32. The molecule has 0 amide bonds. The first kappa shape index (κ1) is 16.9. The number of nitrogens with zero attached hydrogens (tertiary/aromatic N) is 1. The van der Waals surface area contributed by atoms with E-state index in [0.717, 1.165) is 32.0 Å². The van der Waals surface area contributed by atoms with Crippen LogP contribution in [0.15, 0.2) is 0 Å². The molecule has 1 saturated carbocycles. The molecule has 1 fully saturated rings. The molecule has 0 saturated heterocycles. The fourth-order valence-corrected chi connectivity index (χ4v) is 2.20. The van der Waals surface area contributed by atoms with E-state index in [4.69, 9.17) is 4.74 Å². The van der Waals surface area contributed by atoms with Crippen LogP contribution in [0.4, 0.5) is 0 Å². The maximum absolute atomic E-state index is 6.32. The summed E-state index contributed by atoms with van der Waals surface area (Å²) in [5, 5.41) is 3.54. The lowest BCUT2D eigenvalue weighted by molar-refractivity contribution is -0.129. The lowest BCUT2D eigenvalue weighted by atomic mass is 9.77. The maximum atomic E-state index is 6.32. The van der Waals surface area contributed by atoms with Gasteiger partial charge in [-0.05, 0) is 72.6 Å². The van der Waals surface area contributed by atoms with Gasteiger partial charge in [0.1, 0.15) is 0 Å². The van der Waals surface area contributed by atoms with Crippen molar-refractivity contribution in [2.45, 2.75) is 64.5 Å². The van der Waals surface area contributed by atoms with Gasteiger partial charge >= 0.3 is 0 Å². The second-order valence-corrected chi connectivity index (χ2v) is 7.38. The highest BCUT2D eigenvalue weighted by Gasteiger charge is 2.39. The number of rotatable bonds is 9. The van der Waals surface area contributed by atoms with Gasteiger partial charge in [-0.25, -0.2) is 0 Å². The third-order valence-electron chi connectivity index (χ3n) is 4.52. The van der Waals surface area contributed by atoms with Crippen molar-refractivity contribution >= 4 is 0 Å². The Hall–Kier alpha value is -0.120. The Balaban J connectivity index is 2.31. The van der Waals surface area contributed by atoms with Gasteiger partial charge in [-0.2, -0.15) is 0 Å². The van der Waals surface area contributed by atoms with Gasteiger partial charge in [0.15, 0.2) is 0 Å². The normalized spacial score (nSPS) is 18.9. The van der Waals surface area contributed by atoms with Gasteiger partial charge in [-0.1, -0.05) is 13.8 Å². The number of likely N-dealkylation sites (N-methyl/N-ethyl adjacent to an activating group) is 1. The van der Waals surface area contributed by atoms with Gasteiger partial charge in [-0.15, -0.1) is 0 Å². The first-order chi connectivity index (χ1) is 8.77. The van der Waals surface area contributed by atoms with Crippen LogP contribution >= 0.6 is 0 Å². The van der Waals surface area contributed by atoms with Crippen molar-refractivity contribution in [2.24, 2.45) is 5.92 Å². The fraction of sp³-hybridized carbons (Fsp3) is 1.00. The summed E-state index contributed by atoms with van der Waals surface area (Å²) >= 11 is 0. The second kappa shape index (κ2) is 7.05. The van der Waals surface area contributed by atoms with Gasteiger partial charge < -0.3 is 15.0 Å². The Morgan fingerprint density at radius 3 is 2.32 bits per heavy atom. The van der Waals surface area contributed by atoms with Crippen LogP contribution in [-0.2, 0) is 4.74 Å². The summed E-state index contributed by atoms with van der Waals surface area (Å²) in [5.74, 6) is 0.728. The summed E-state index contributed by atoms with van der Waals surface area (Å²) in [5.41, 5.74) is 0.283. The second-order valence-electron chi connectivity index (χ2n) is 7.38. The quantitative estimate of drug-likeness (QED) is 0.652. The van der Waals surface area contributed by atoms with E-state index < -0.39 is 0 Å². The predicted molar refractivity (Wildman–Crippen MR) is 82.6 cm³/mol. The molecule has 1 rings (SSSR count). The van der Waals surface area contributed by atoms with Crippen LogP contribution in [-0.4, -0.2) is 49.8 Å². The van der Waals surface area contributed by atoms with Gasteiger partial charge in [-0.3, -0.25) is 0 Å². The molecular formula is C16H34N2O. The average Bonchev–Trinajstić information content (AvgIpc) is 2.25. The molecule has 1 N–H and O–H groups in total. The standard InChI is InChI=1S/C16H34N2O/c1-14(2)12-17-11-10-16(8-7-9-16)19-13-15(3,4)18(5)6/h14,17H,7-13H2,1-6H3. The smallest absolute Gasteiger partial charge is 0.0695 e. The van der Waals surface area contributed by atoms with Crippen molar-refractivity contribution in [3.8, 4) is 0 Å². The van der Waals surface area contributed by atoms with E-state index in [0.29, 0.717) is 0 Å². The molecule has 0 aromatic heterocycles. The first-order valence-corrected chi connectivity index (χ1v) is 7.80. The molecule has 0 atom stereocenters. The van der Waals surface area contributed by atoms with Gasteiger partial charge in [0.05, 0.1) is 12.2 Å². The number of hydrogen-bond donors (Lipinski definition) is 1. The minimum atomic E-state index is 0.119. The lowest BCUT2D eigenvalue weighted by Gasteiger charge is -2.45. The molecule has 0 unspecified atom stereocenters. The number of nitrogens with one attached hydrogen (secondary N) is 1. The minimum absolute atomic E-state index is 0.119. The molecule has 0 spiro atoms. The molecule has 114 valence electrons. The topological polar surface area (TPSA) is 24.5 Å². The van der Waals surface area contributed by atoms with Crippen LogP contribution < -0.4 is 5.32 Å². The summed E-state index contributed by atoms with van der Waals surface area (Å²) in [6.45, 7) is 12.0. The van der Waals surface area contributed by atoms with Crippen LogP contribution in [0.1, 0.15) is 53.4 Å². The van der Waals surface area contributed by atoms with E-state index in [1.54, 1.807) is 0 Å². The zero-order valence-corrected chi connectivity index (χ0v) is 13.9. The molecule has 0 aliphatic heterocycles. The molecule has 0 heterocycles. The van der Waals surface area contributed by atoms with Crippen LogP contribution in [0.3, 0.4) is 0 Å². The zero-order chi connectivity index (χ0) is 14.5. The monoisotopic (exact) mass is 270 g/mol. The third kappa shape index (κ3) is 5.41. The summed E-state index contributed by atoms with van der Waals surface area (Å²) in [6, 6.07) is 0. The first-order valence-electron chi connectivity index (χ1n) is 7.80. The molecule has 0 aromatic carbocycles. The Morgan fingerprint density at radius 1 is 1.26 bits per heavy atom. The number of hydrogen-bond acceptors (Lipinski definition) is 3. The van der Waals surface area contributed by atoms with E-state index in [-0.39, 0.29) is 11.1 Å². The van der Waals surface area contributed by atoms with Gasteiger partial charge in [0.25, 0.3) is 0 Å². The molecule has 0 aromatic rings. The third-order valence-corrected chi connectivity index (χ3v) is 4.52. The van der Waals surface area contributed by atoms with Crippen molar-refractivity contribution < 1.29 is 4.74 Å². The SMILES string of the molecule is CC(C)CNCCC1(OCC(C)(C)N(C)C)CCC1. The van der Waals surface area contributed by atoms with Crippen LogP contribution in [0.25, 0.3) is 0 Å². The molecule has 0 bridgehead atoms. The summed E-state index contributed by atoms with van der Waals surface area (Å²) in [7, 11) is 4.25. The van der Waals surface area contributed by atoms with E-state index in [1.165, 1.54) is 19.3 Å². The lowest BCUT2D eigenvalue weighted by Crippen LogP contribution is -2.49. The minimum Gasteiger partial charge on any atom is -0.373 e. The average molecular weight is 270 g/mol. The Bertz CT molecular complexity index is 257. The Kier molecular flexibility index (Phi) is 6.28. The Morgan fingerprint density at radius 2 is 1.89 bits per heavy atom. The molecule has 1 aliphatic rings. The van der Waals surface area contributed by atoms with Crippen molar-refractivity contribution in [2.75, 3.05) is 33.8 Å². The van der Waals surface area contributed by atoms with E-state index in [1.807, 2.05) is 0 Å². The van der Waals surface area contributed by atoms with Gasteiger partial charge in [0, 0.05) is 5.54 Å². The maximum Gasteiger partial charge on any atom is 0.0695 e. The highest BCUT2D eigenvalue weighted by molar-refractivity contribution is 4.92. The molecular weight excluding hydrogens is 236 g/mol. The van der Waals surface area contributed by atoms with E-state index >= 15 is 0 Å². The van der Waals surface area contributed by atoms with Crippen molar-refractivity contribution in [1.82, 2.24) is 10.2 Å². The number of ether oxygens (including phenoxy) is 1. The summed E-state index contributed by atoms with van der Waals surface area (Å²) in [4.78, 5) is 2.25. The highest BCUT2D eigenvalue weighted by atomic mass is 16.5. The van der Waals surface area contributed by atoms with Crippen LogP contribution in [0.2, 0.25) is 0 Å². The van der Waals surface area contributed by atoms with E-state index in [2.05, 4.69) is 52.0 Å². The van der Waals surface area contributed by atoms with Crippen LogP contribution in [0.5, 0.6) is 0 Å². The fourth-order valence-electron chi connectivity index (χ4n) is 2.20.